The van der Waals surface area contributed by atoms with Gasteiger partial charge >= 0.3 is 0 Å². The molecule has 0 saturated carbocycles. The van der Waals surface area contributed by atoms with Crippen LogP contribution in [0.1, 0.15) is 40.0 Å². The SMILES string of the molecule is CCCC#COP(C)CCC(C)(C)N(C)C. The number of hydrogen-bond acceptors (Lipinski definition) is 2. The highest BCUT2D eigenvalue weighted by Gasteiger charge is 2.21. The van der Waals surface area contributed by atoms with Crippen LogP contribution in [0.3, 0.4) is 0 Å². The monoisotopic (exact) mass is 243 g/mol. The Hall–Kier alpha value is -0.250. The maximum absolute atomic E-state index is 5.50. The van der Waals surface area contributed by atoms with Crippen LogP contribution in [0.5, 0.6) is 0 Å². The van der Waals surface area contributed by atoms with Crippen molar-refractivity contribution < 1.29 is 4.52 Å². The minimum atomic E-state index is -0.387. The fourth-order valence-electron chi connectivity index (χ4n) is 0.987. The van der Waals surface area contributed by atoms with Crippen LogP contribution in [0.25, 0.3) is 0 Å². The molecule has 0 fully saturated rings. The summed E-state index contributed by atoms with van der Waals surface area (Å²) < 4.78 is 5.50. The van der Waals surface area contributed by atoms with Crippen LogP contribution in [0.2, 0.25) is 0 Å². The van der Waals surface area contributed by atoms with Crippen LogP contribution in [0.4, 0.5) is 0 Å². The summed E-state index contributed by atoms with van der Waals surface area (Å²) in [6, 6.07) is 0. The summed E-state index contributed by atoms with van der Waals surface area (Å²) in [5.41, 5.74) is 0.247. The average Bonchev–Trinajstić information content (AvgIpc) is 2.21. The second-order valence-electron chi connectivity index (χ2n) is 4.93. The Balaban J connectivity index is 3.82. The van der Waals surface area contributed by atoms with Crippen molar-refractivity contribution in [3.8, 4) is 12.0 Å². The van der Waals surface area contributed by atoms with Crippen molar-refractivity contribution in [1.82, 2.24) is 4.90 Å². The molecule has 0 spiro atoms. The third-order valence-electron chi connectivity index (χ3n) is 2.90. The van der Waals surface area contributed by atoms with Gasteiger partial charge in [-0.15, -0.1) is 0 Å². The first-order valence-corrected chi connectivity index (χ1v) is 7.82. The molecular formula is C13H26NOP. The van der Waals surface area contributed by atoms with E-state index in [1.165, 1.54) is 0 Å². The van der Waals surface area contributed by atoms with Crippen LogP contribution >= 0.6 is 8.15 Å². The fraction of sp³-hybridized carbons (Fsp3) is 0.846. The van der Waals surface area contributed by atoms with Gasteiger partial charge in [-0.25, -0.2) is 0 Å². The Morgan fingerprint density at radius 1 is 1.31 bits per heavy atom. The quantitative estimate of drug-likeness (QED) is 0.523. The van der Waals surface area contributed by atoms with E-state index in [0.717, 1.165) is 25.4 Å². The molecule has 0 aromatic carbocycles. The molecule has 0 N–H and O–H groups in total. The Bertz CT molecular complexity index is 240. The third kappa shape index (κ3) is 7.09. The zero-order valence-corrected chi connectivity index (χ0v) is 12.5. The zero-order valence-electron chi connectivity index (χ0n) is 11.6. The van der Waals surface area contributed by atoms with Crippen molar-refractivity contribution in [2.75, 3.05) is 26.9 Å². The Labute approximate surface area is 103 Å². The van der Waals surface area contributed by atoms with E-state index in [1.807, 2.05) is 0 Å². The van der Waals surface area contributed by atoms with E-state index in [2.05, 4.69) is 58.5 Å². The minimum Gasteiger partial charge on any atom is -0.427 e. The minimum absolute atomic E-state index is 0.247. The molecule has 0 aliphatic rings. The summed E-state index contributed by atoms with van der Waals surface area (Å²) in [6.45, 7) is 8.81. The van der Waals surface area contributed by atoms with E-state index < -0.39 is 0 Å². The Morgan fingerprint density at radius 2 is 1.94 bits per heavy atom. The predicted molar refractivity (Wildman–Crippen MR) is 73.9 cm³/mol. The van der Waals surface area contributed by atoms with Gasteiger partial charge in [0.05, 0.1) is 8.15 Å². The molecule has 2 nitrogen and oxygen atoms in total. The second-order valence-corrected chi connectivity index (χ2v) is 6.81. The molecule has 1 unspecified atom stereocenters. The highest BCUT2D eigenvalue weighted by molar-refractivity contribution is 7.51. The van der Waals surface area contributed by atoms with E-state index in [9.17, 15) is 0 Å². The van der Waals surface area contributed by atoms with Crippen molar-refractivity contribution in [3.05, 3.63) is 0 Å². The van der Waals surface area contributed by atoms with Crippen LogP contribution in [-0.4, -0.2) is 37.4 Å². The summed E-state index contributed by atoms with van der Waals surface area (Å²) in [5, 5.41) is 0. The topological polar surface area (TPSA) is 12.5 Å². The lowest BCUT2D eigenvalue weighted by Gasteiger charge is -2.33. The third-order valence-corrected chi connectivity index (χ3v) is 4.15. The van der Waals surface area contributed by atoms with E-state index in [1.54, 1.807) is 0 Å². The highest BCUT2D eigenvalue weighted by Crippen LogP contribution is 2.34. The molecule has 0 rings (SSSR count). The van der Waals surface area contributed by atoms with Crippen LogP contribution in [0.15, 0.2) is 0 Å². The highest BCUT2D eigenvalue weighted by atomic mass is 31.1. The molecular weight excluding hydrogens is 217 g/mol. The summed E-state index contributed by atoms with van der Waals surface area (Å²) >= 11 is 0. The fourth-order valence-corrected chi connectivity index (χ4v) is 2.16. The smallest absolute Gasteiger partial charge is 0.112 e. The maximum Gasteiger partial charge on any atom is 0.112 e. The van der Waals surface area contributed by atoms with Crippen molar-refractivity contribution in [1.29, 1.82) is 0 Å². The van der Waals surface area contributed by atoms with Gasteiger partial charge in [0.15, 0.2) is 0 Å². The number of rotatable bonds is 6. The normalized spacial score (nSPS) is 13.2. The molecule has 3 heteroatoms. The second kappa shape index (κ2) is 7.93. The van der Waals surface area contributed by atoms with Crippen molar-refractivity contribution in [2.24, 2.45) is 0 Å². The van der Waals surface area contributed by atoms with Gasteiger partial charge in [-0.05, 0) is 47.4 Å². The van der Waals surface area contributed by atoms with Crippen LogP contribution < -0.4 is 0 Å². The van der Waals surface area contributed by atoms with Crippen molar-refractivity contribution in [2.45, 2.75) is 45.6 Å². The van der Waals surface area contributed by atoms with E-state index in [0.29, 0.717) is 0 Å². The van der Waals surface area contributed by atoms with Gasteiger partial charge in [0.1, 0.15) is 6.11 Å². The molecule has 0 amide bonds. The lowest BCUT2D eigenvalue weighted by molar-refractivity contribution is 0.190. The molecule has 1 atom stereocenters. The van der Waals surface area contributed by atoms with Crippen LogP contribution in [-0.2, 0) is 4.52 Å². The van der Waals surface area contributed by atoms with Gasteiger partial charge < -0.3 is 9.42 Å². The molecule has 0 bridgehead atoms. The van der Waals surface area contributed by atoms with Gasteiger partial charge in [0, 0.05) is 18.1 Å². The van der Waals surface area contributed by atoms with Gasteiger partial charge in [0.2, 0.25) is 0 Å². The summed E-state index contributed by atoms with van der Waals surface area (Å²) in [5.74, 6) is 3.02. The lowest BCUT2D eigenvalue weighted by Crippen LogP contribution is -2.38. The predicted octanol–water partition coefficient (Wildman–Crippen LogP) is 3.52. The number of hydrogen-bond donors (Lipinski definition) is 0. The Kier molecular flexibility index (Phi) is 7.81. The standard InChI is InChI=1S/C13H26NOP/c1-7-8-9-11-15-16(6)12-10-13(2,3)14(4)5/h7-8,10,12H2,1-6H3. The molecule has 0 aromatic rings. The van der Waals surface area contributed by atoms with E-state index >= 15 is 0 Å². The van der Waals surface area contributed by atoms with Gasteiger partial charge in [-0.3, -0.25) is 0 Å². The Morgan fingerprint density at radius 3 is 2.44 bits per heavy atom. The zero-order chi connectivity index (χ0) is 12.6. The molecule has 0 aliphatic heterocycles. The molecule has 0 saturated heterocycles. The largest absolute Gasteiger partial charge is 0.427 e. The summed E-state index contributed by atoms with van der Waals surface area (Å²) in [7, 11) is 3.86. The molecule has 16 heavy (non-hydrogen) atoms. The molecule has 0 radical (unpaired) electrons. The molecule has 94 valence electrons. The van der Waals surface area contributed by atoms with Crippen LogP contribution in [0, 0.1) is 12.0 Å². The number of unbranched alkanes of at least 4 members (excludes halogenated alkanes) is 1. The molecule has 0 aromatic heterocycles. The average molecular weight is 243 g/mol. The number of nitrogens with zero attached hydrogens (tertiary/aromatic N) is 1. The van der Waals surface area contributed by atoms with Gasteiger partial charge in [-0.2, -0.15) is 0 Å². The maximum atomic E-state index is 5.50. The van der Waals surface area contributed by atoms with Gasteiger partial charge in [-0.1, -0.05) is 12.8 Å². The van der Waals surface area contributed by atoms with Crippen molar-refractivity contribution >= 4 is 8.15 Å². The van der Waals surface area contributed by atoms with Crippen molar-refractivity contribution in [3.63, 3.8) is 0 Å². The van der Waals surface area contributed by atoms with E-state index in [4.69, 9.17) is 4.52 Å². The molecule has 0 heterocycles. The van der Waals surface area contributed by atoms with E-state index in [-0.39, 0.29) is 13.7 Å². The summed E-state index contributed by atoms with van der Waals surface area (Å²) in [6.07, 6.45) is 7.12. The first-order valence-electron chi connectivity index (χ1n) is 5.93. The molecule has 0 aliphatic carbocycles. The van der Waals surface area contributed by atoms with Gasteiger partial charge in [0.25, 0.3) is 0 Å². The lowest BCUT2D eigenvalue weighted by atomic mass is 10.0. The summed E-state index contributed by atoms with van der Waals surface area (Å²) in [4.78, 5) is 2.26. The first-order chi connectivity index (χ1) is 7.40. The first kappa shape index (κ1) is 15.8.